The van der Waals surface area contributed by atoms with Crippen LogP contribution in [0.15, 0.2) is 36.5 Å². The van der Waals surface area contributed by atoms with E-state index in [1.54, 1.807) is 19.2 Å². The van der Waals surface area contributed by atoms with Crippen molar-refractivity contribution in [3.8, 4) is 23.1 Å². The molecule has 0 bridgehead atoms. The van der Waals surface area contributed by atoms with Gasteiger partial charge in [-0.1, -0.05) is 19.1 Å². The summed E-state index contributed by atoms with van der Waals surface area (Å²) < 4.78 is 23.1. The summed E-state index contributed by atoms with van der Waals surface area (Å²) in [5.74, 6) is 1.76. The van der Waals surface area contributed by atoms with Crippen molar-refractivity contribution in [2.45, 2.75) is 32.3 Å². The Morgan fingerprint density at radius 2 is 2.10 bits per heavy atom. The Labute approximate surface area is 169 Å². The SMILES string of the molecule is CC(Cc1cccc(OCC2CC(Oc3ccnc4c3OCCO4)C2)c1)C(=O)O. The van der Waals surface area contributed by atoms with E-state index in [2.05, 4.69) is 4.98 Å². The van der Waals surface area contributed by atoms with Gasteiger partial charge in [-0.3, -0.25) is 4.79 Å². The number of carboxylic acids is 1. The molecule has 7 heteroatoms. The molecule has 1 aliphatic heterocycles. The average molecular weight is 399 g/mol. The van der Waals surface area contributed by atoms with Crippen LogP contribution in [0, 0.1) is 11.8 Å². The lowest BCUT2D eigenvalue weighted by molar-refractivity contribution is -0.141. The van der Waals surface area contributed by atoms with Crippen LogP contribution in [-0.2, 0) is 11.2 Å². The van der Waals surface area contributed by atoms with Gasteiger partial charge < -0.3 is 24.1 Å². The summed E-state index contributed by atoms with van der Waals surface area (Å²) >= 11 is 0. The largest absolute Gasteiger partial charge is 0.493 e. The quantitative estimate of drug-likeness (QED) is 0.728. The Hall–Kier alpha value is -2.96. The molecule has 1 unspecified atom stereocenters. The van der Waals surface area contributed by atoms with Crippen LogP contribution in [-0.4, -0.2) is 42.0 Å². The van der Waals surface area contributed by atoms with Gasteiger partial charge in [0.1, 0.15) is 19.0 Å². The van der Waals surface area contributed by atoms with Crippen LogP contribution in [0.5, 0.6) is 23.1 Å². The van der Waals surface area contributed by atoms with E-state index >= 15 is 0 Å². The highest BCUT2D eigenvalue weighted by atomic mass is 16.6. The van der Waals surface area contributed by atoms with E-state index in [0.717, 1.165) is 24.2 Å². The number of ether oxygens (including phenoxy) is 4. The summed E-state index contributed by atoms with van der Waals surface area (Å²) in [6, 6.07) is 9.47. The van der Waals surface area contributed by atoms with Crippen molar-refractivity contribution in [3.63, 3.8) is 0 Å². The van der Waals surface area contributed by atoms with E-state index in [0.29, 0.717) is 49.5 Å². The molecule has 0 saturated heterocycles. The van der Waals surface area contributed by atoms with Crippen LogP contribution in [0.3, 0.4) is 0 Å². The lowest BCUT2D eigenvalue weighted by Gasteiger charge is -2.35. The highest BCUT2D eigenvalue weighted by Crippen LogP contribution is 2.40. The predicted molar refractivity (Wildman–Crippen MR) is 105 cm³/mol. The highest BCUT2D eigenvalue weighted by Gasteiger charge is 2.33. The first-order chi connectivity index (χ1) is 14.1. The first kappa shape index (κ1) is 19.4. The summed E-state index contributed by atoms with van der Waals surface area (Å²) in [5, 5.41) is 9.06. The van der Waals surface area contributed by atoms with Crippen LogP contribution in [0.2, 0.25) is 0 Å². The molecule has 1 aromatic heterocycles. The van der Waals surface area contributed by atoms with Gasteiger partial charge in [0, 0.05) is 12.3 Å². The fourth-order valence-electron chi connectivity index (χ4n) is 3.53. The molecule has 1 aliphatic carbocycles. The van der Waals surface area contributed by atoms with E-state index in [9.17, 15) is 4.79 Å². The molecule has 1 fully saturated rings. The second-order valence-electron chi connectivity index (χ2n) is 7.62. The number of rotatable bonds is 8. The van der Waals surface area contributed by atoms with E-state index in [4.69, 9.17) is 24.1 Å². The number of hydrogen-bond acceptors (Lipinski definition) is 6. The van der Waals surface area contributed by atoms with Crippen LogP contribution in [0.25, 0.3) is 0 Å². The number of carboxylic acid groups (broad SMARTS) is 1. The summed E-state index contributed by atoms with van der Waals surface area (Å²) in [6.45, 7) is 3.33. The van der Waals surface area contributed by atoms with Crippen molar-refractivity contribution in [3.05, 3.63) is 42.1 Å². The molecule has 29 heavy (non-hydrogen) atoms. The van der Waals surface area contributed by atoms with Crippen LogP contribution >= 0.6 is 0 Å². The van der Waals surface area contributed by atoms with E-state index < -0.39 is 11.9 Å². The van der Waals surface area contributed by atoms with Gasteiger partial charge in [-0.25, -0.2) is 4.98 Å². The Balaban J connectivity index is 1.24. The van der Waals surface area contributed by atoms with Gasteiger partial charge in [0.2, 0.25) is 5.75 Å². The molecule has 0 amide bonds. The molecule has 1 atom stereocenters. The molecule has 0 radical (unpaired) electrons. The zero-order valence-electron chi connectivity index (χ0n) is 16.4. The molecule has 7 nitrogen and oxygen atoms in total. The second kappa shape index (κ2) is 8.59. The minimum absolute atomic E-state index is 0.128. The van der Waals surface area contributed by atoms with Crippen molar-refractivity contribution in [1.29, 1.82) is 0 Å². The summed E-state index contributed by atoms with van der Waals surface area (Å²) in [4.78, 5) is 15.2. The van der Waals surface area contributed by atoms with E-state index in [1.807, 2.05) is 24.3 Å². The smallest absolute Gasteiger partial charge is 0.306 e. The number of carbonyl (C=O) groups is 1. The molecule has 2 aromatic rings. The third-order valence-electron chi connectivity index (χ3n) is 5.24. The molecule has 154 valence electrons. The molecular weight excluding hydrogens is 374 g/mol. The summed E-state index contributed by atoms with van der Waals surface area (Å²) in [5.41, 5.74) is 0.969. The molecule has 2 aliphatic rings. The first-order valence-electron chi connectivity index (χ1n) is 9.94. The second-order valence-corrected chi connectivity index (χ2v) is 7.62. The standard InChI is InChI=1S/C22H25NO6/c1-14(22(24)25)9-15-3-2-4-17(10-15)28-13-16-11-18(12-16)29-19-5-6-23-21-20(19)26-7-8-27-21/h2-6,10,14,16,18H,7-9,11-13H2,1H3,(H,24,25). The number of aliphatic carboxylic acids is 1. The van der Waals surface area contributed by atoms with Crippen molar-refractivity contribution in [2.75, 3.05) is 19.8 Å². The van der Waals surface area contributed by atoms with Gasteiger partial charge >= 0.3 is 5.97 Å². The zero-order valence-corrected chi connectivity index (χ0v) is 16.4. The number of hydrogen-bond donors (Lipinski definition) is 1. The normalized spacial score (nSPS) is 21.0. The van der Waals surface area contributed by atoms with Gasteiger partial charge in [-0.15, -0.1) is 0 Å². The fraction of sp³-hybridized carbons (Fsp3) is 0.455. The van der Waals surface area contributed by atoms with Gasteiger partial charge in [0.25, 0.3) is 5.88 Å². The Bertz CT molecular complexity index is 864. The van der Waals surface area contributed by atoms with Gasteiger partial charge in [-0.2, -0.15) is 0 Å². The number of nitrogens with zero attached hydrogens (tertiary/aromatic N) is 1. The number of benzene rings is 1. The Morgan fingerprint density at radius 1 is 1.28 bits per heavy atom. The van der Waals surface area contributed by atoms with Crippen molar-refractivity contribution < 1.29 is 28.8 Å². The summed E-state index contributed by atoms with van der Waals surface area (Å²) in [7, 11) is 0. The molecular formula is C22H25NO6. The summed E-state index contributed by atoms with van der Waals surface area (Å²) in [6.07, 6.45) is 4.11. The van der Waals surface area contributed by atoms with Gasteiger partial charge in [-0.05, 0) is 42.9 Å². The van der Waals surface area contributed by atoms with Crippen molar-refractivity contribution in [2.24, 2.45) is 11.8 Å². The maximum Gasteiger partial charge on any atom is 0.306 e. The van der Waals surface area contributed by atoms with Crippen molar-refractivity contribution in [1.82, 2.24) is 4.98 Å². The fourth-order valence-corrected chi connectivity index (χ4v) is 3.53. The number of aromatic nitrogens is 1. The first-order valence-corrected chi connectivity index (χ1v) is 9.94. The molecule has 1 N–H and O–H groups in total. The van der Waals surface area contributed by atoms with Gasteiger partial charge in [0.05, 0.1) is 18.6 Å². The molecule has 1 aromatic carbocycles. The topological polar surface area (TPSA) is 87.1 Å². The number of pyridine rings is 1. The minimum atomic E-state index is -0.788. The van der Waals surface area contributed by atoms with E-state index in [1.165, 1.54) is 0 Å². The average Bonchev–Trinajstić information content (AvgIpc) is 2.70. The zero-order chi connectivity index (χ0) is 20.2. The monoisotopic (exact) mass is 399 g/mol. The lowest BCUT2D eigenvalue weighted by atomic mass is 9.83. The molecule has 4 rings (SSSR count). The van der Waals surface area contributed by atoms with Gasteiger partial charge in [0.15, 0.2) is 5.75 Å². The molecule has 1 saturated carbocycles. The number of fused-ring (bicyclic) bond motifs is 1. The Kier molecular flexibility index (Phi) is 5.74. The maximum atomic E-state index is 11.0. The molecule has 0 spiro atoms. The molecule has 2 heterocycles. The third-order valence-corrected chi connectivity index (χ3v) is 5.24. The predicted octanol–water partition coefficient (Wildman–Crippen LogP) is 3.35. The van der Waals surface area contributed by atoms with Crippen LogP contribution < -0.4 is 18.9 Å². The van der Waals surface area contributed by atoms with E-state index in [-0.39, 0.29) is 6.10 Å². The highest BCUT2D eigenvalue weighted by molar-refractivity contribution is 5.69. The Morgan fingerprint density at radius 3 is 2.93 bits per heavy atom. The van der Waals surface area contributed by atoms with Crippen LogP contribution in [0.4, 0.5) is 0 Å². The lowest BCUT2D eigenvalue weighted by Crippen LogP contribution is -2.37. The minimum Gasteiger partial charge on any atom is -0.493 e. The maximum absolute atomic E-state index is 11.0. The third kappa shape index (κ3) is 4.72. The van der Waals surface area contributed by atoms with Crippen LogP contribution in [0.1, 0.15) is 25.3 Å². The van der Waals surface area contributed by atoms with Crippen molar-refractivity contribution >= 4 is 5.97 Å².